The van der Waals surface area contributed by atoms with E-state index < -0.39 is 0 Å². The monoisotopic (exact) mass is 560 g/mol. The van der Waals surface area contributed by atoms with Gasteiger partial charge in [0.15, 0.2) is 0 Å². The zero-order valence-electron chi connectivity index (χ0n) is 24.2. The van der Waals surface area contributed by atoms with E-state index in [1.54, 1.807) is 5.56 Å². The third kappa shape index (κ3) is 3.14. The van der Waals surface area contributed by atoms with Crippen molar-refractivity contribution in [3.8, 4) is 0 Å². The first-order chi connectivity index (χ1) is 20.6. The van der Waals surface area contributed by atoms with Crippen LogP contribution in [-0.4, -0.2) is 12.3 Å². The van der Waals surface area contributed by atoms with E-state index >= 15 is 0 Å². The summed E-state index contributed by atoms with van der Waals surface area (Å²) in [6.07, 6.45) is 5.05. The summed E-state index contributed by atoms with van der Waals surface area (Å²) in [6.45, 7) is 5.37. The molecule has 1 aliphatic carbocycles. The van der Waals surface area contributed by atoms with E-state index in [2.05, 4.69) is 139 Å². The number of hydrogen-bond donors (Lipinski definition) is 0. The van der Waals surface area contributed by atoms with Gasteiger partial charge in [0.1, 0.15) is 0 Å². The van der Waals surface area contributed by atoms with Crippen LogP contribution in [0.5, 0.6) is 0 Å². The molecule has 5 aromatic carbocycles. The third-order valence-electron chi connectivity index (χ3n) is 10.8. The molecular weight excluding hydrogens is 527 g/mol. The maximum Gasteiger partial charge on any atom is 0.249 e. The fourth-order valence-electron chi connectivity index (χ4n) is 8.70. The molecule has 5 aromatic rings. The summed E-state index contributed by atoms with van der Waals surface area (Å²) >= 11 is 1.95. The summed E-state index contributed by atoms with van der Waals surface area (Å²) in [6, 6.07) is 43.0. The van der Waals surface area contributed by atoms with Crippen LogP contribution in [0.15, 0.2) is 125 Å². The van der Waals surface area contributed by atoms with Crippen molar-refractivity contribution in [3.63, 3.8) is 0 Å². The van der Waals surface area contributed by atoms with Crippen LogP contribution in [-0.2, 0) is 5.41 Å². The van der Waals surface area contributed by atoms with Crippen LogP contribution >= 0.6 is 11.8 Å². The van der Waals surface area contributed by atoms with Gasteiger partial charge < -0.3 is 9.80 Å². The van der Waals surface area contributed by atoms with Crippen molar-refractivity contribution in [2.45, 2.75) is 60.3 Å². The second-order valence-corrected chi connectivity index (χ2v) is 13.9. The SMILES string of the molecule is CC12CCCCC1(C)N1c3cc(N(c4ccccc4)c4ccccc4)cc4c3B(c3ccccc3S4)c3cccc2c31. The molecule has 4 aliphatic rings. The minimum atomic E-state index is 0.0347. The molecule has 0 bridgehead atoms. The molecule has 4 heteroatoms. The van der Waals surface area contributed by atoms with Gasteiger partial charge >= 0.3 is 0 Å². The summed E-state index contributed by atoms with van der Waals surface area (Å²) in [4.78, 5) is 8.01. The zero-order valence-corrected chi connectivity index (χ0v) is 25.0. The zero-order chi connectivity index (χ0) is 28.1. The second-order valence-electron chi connectivity index (χ2n) is 12.8. The smallest absolute Gasteiger partial charge is 0.249 e. The molecule has 9 rings (SSSR count). The molecule has 2 unspecified atom stereocenters. The van der Waals surface area contributed by atoms with Gasteiger partial charge in [-0.15, -0.1) is 0 Å². The average Bonchev–Trinajstić information content (AvgIpc) is 3.24. The first-order valence-corrected chi connectivity index (χ1v) is 16.2. The van der Waals surface area contributed by atoms with Gasteiger partial charge in [0.2, 0.25) is 6.71 Å². The first-order valence-electron chi connectivity index (χ1n) is 15.4. The van der Waals surface area contributed by atoms with E-state index in [0.717, 1.165) is 0 Å². The molecule has 1 fully saturated rings. The Labute approximate surface area is 253 Å². The number of anilines is 5. The normalized spacial score (nSPS) is 22.6. The number of fused-ring (bicyclic) bond motifs is 7. The van der Waals surface area contributed by atoms with Crippen LogP contribution < -0.4 is 26.2 Å². The molecular formula is C38H33BN2S. The topological polar surface area (TPSA) is 6.48 Å². The molecule has 0 N–H and O–H groups in total. The summed E-state index contributed by atoms with van der Waals surface area (Å²) in [5.41, 5.74) is 12.6. The molecule has 1 saturated carbocycles. The predicted octanol–water partition coefficient (Wildman–Crippen LogP) is 8.19. The minimum Gasteiger partial charge on any atom is -0.335 e. The van der Waals surface area contributed by atoms with Gasteiger partial charge in [0, 0.05) is 43.6 Å². The largest absolute Gasteiger partial charge is 0.335 e. The highest BCUT2D eigenvalue weighted by Crippen LogP contribution is 2.61. The van der Waals surface area contributed by atoms with E-state index in [4.69, 9.17) is 0 Å². The van der Waals surface area contributed by atoms with Crippen LogP contribution in [0.25, 0.3) is 0 Å². The third-order valence-corrected chi connectivity index (χ3v) is 12.0. The van der Waals surface area contributed by atoms with Crippen LogP contribution in [0.2, 0.25) is 0 Å². The van der Waals surface area contributed by atoms with Crippen LogP contribution in [0.3, 0.4) is 0 Å². The van der Waals surface area contributed by atoms with E-state index in [-0.39, 0.29) is 17.7 Å². The Morgan fingerprint density at radius 2 is 1.33 bits per heavy atom. The Morgan fingerprint density at radius 3 is 2.10 bits per heavy atom. The summed E-state index contributed by atoms with van der Waals surface area (Å²) in [5, 5.41) is 0. The van der Waals surface area contributed by atoms with Crippen molar-refractivity contribution in [1.29, 1.82) is 0 Å². The number of rotatable bonds is 3. The lowest BCUT2D eigenvalue weighted by Gasteiger charge is -2.52. The van der Waals surface area contributed by atoms with Gasteiger partial charge in [-0.25, -0.2) is 0 Å². The summed E-state index contributed by atoms with van der Waals surface area (Å²) in [7, 11) is 0. The van der Waals surface area contributed by atoms with Crippen LogP contribution in [0, 0.1) is 0 Å². The molecule has 3 heterocycles. The van der Waals surface area contributed by atoms with Gasteiger partial charge in [-0.3, -0.25) is 0 Å². The predicted molar refractivity (Wildman–Crippen MR) is 179 cm³/mol. The second kappa shape index (κ2) is 8.81. The highest BCUT2D eigenvalue weighted by atomic mass is 32.2. The van der Waals surface area contributed by atoms with Crippen molar-refractivity contribution >= 4 is 63.3 Å². The van der Waals surface area contributed by atoms with Gasteiger partial charge in [-0.2, -0.15) is 0 Å². The lowest BCUT2D eigenvalue weighted by molar-refractivity contribution is 0.195. The molecule has 3 aliphatic heterocycles. The minimum absolute atomic E-state index is 0.0347. The summed E-state index contributed by atoms with van der Waals surface area (Å²) in [5.74, 6) is 0. The standard InChI is InChI=1S/C38H33BN2S/c1-37-22-11-12-23-38(37,2)41-32-24-28(40(26-14-5-3-6-15-26)27-16-7-4-8-17-27)25-34-35(32)39(30-19-9-10-21-33(30)42-34)31-20-13-18-29(37)36(31)41/h3-10,13-21,24-25H,11-12,22-23H2,1-2H3. The van der Waals surface area contributed by atoms with Crippen LogP contribution in [0.4, 0.5) is 28.4 Å². The molecule has 42 heavy (non-hydrogen) atoms. The van der Waals surface area contributed by atoms with Crippen molar-refractivity contribution in [2.24, 2.45) is 0 Å². The Kier molecular flexibility index (Phi) is 5.18. The fraction of sp³-hybridized carbons (Fsp3) is 0.211. The van der Waals surface area contributed by atoms with Crippen molar-refractivity contribution in [2.75, 3.05) is 9.80 Å². The molecule has 2 atom stereocenters. The number of nitrogens with zero attached hydrogens (tertiary/aromatic N) is 2. The maximum absolute atomic E-state index is 2.82. The number of benzene rings is 5. The number of para-hydroxylation sites is 3. The molecule has 0 spiro atoms. The van der Waals surface area contributed by atoms with Crippen molar-refractivity contribution < 1.29 is 0 Å². The number of hydrogen-bond acceptors (Lipinski definition) is 3. The Balaban J connectivity index is 1.37. The molecule has 0 radical (unpaired) electrons. The fourth-order valence-corrected chi connectivity index (χ4v) is 9.89. The van der Waals surface area contributed by atoms with E-state index in [1.807, 2.05) is 11.8 Å². The molecule has 2 nitrogen and oxygen atoms in total. The highest BCUT2D eigenvalue weighted by molar-refractivity contribution is 8.00. The molecule has 0 saturated heterocycles. The van der Waals surface area contributed by atoms with E-state index in [9.17, 15) is 0 Å². The highest BCUT2D eigenvalue weighted by Gasteiger charge is 2.60. The Morgan fingerprint density at radius 1 is 0.667 bits per heavy atom. The summed E-state index contributed by atoms with van der Waals surface area (Å²) < 4.78 is 0. The van der Waals surface area contributed by atoms with E-state index in [1.165, 1.54) is 80.3 Å². The Hall–Kier alpha value is -3.89. The Bertz CT molecular complexity index is 1830. The molecule has 0 aromatic heterocycles. The van der Waals surface area contributed by atoms with Gasteiger partial charge in [-0.05, 0) is 78.7 Å². The lowest BCUT2D eigenvalue weighted by Crippen LogP contribution is -2.63. The molecule has 0 amide bonds. The average molecular weight is 561 g/mol. The lowest BCUT2D eigenvalue weighted by atomic mass is 9.35. The molecule has 204 valence electrons. The van der Waals surface area contributed by atoms with Gasteiger partial charge in [-0.1, -0.05) is 110 Å². The van der Waals surface area contributed by atoms with Gasteiger partial charge in [0.25, 0.3) is 0 Å². The first kappa shape index (κ1) is 24.7. The van der Waals surface area contributed by atoms with Crippen molar-refractivity contribution in [3.05, 3.63) is 121 Å². The van der Waals surface area contributed by atoms with Crippen LogP contribution in [0.1, 0.15) is 45.1 Å². The quantitative estimate of drug-likeness (QED) is 0.202. The van der Waals surface area contributed by atoms with E-state index in [0.29, 0.717) is 0 Å². The van der Waals surface area contributed by atoms with Gasteiger partial charge in [0.05, 0.1) is 5.54 Å². The van der Waals surface area contributed by atoms with Crippen molar-refractivity contribution in [1.82, 2.24) is 0 Å². The maximum atomic E-state index is 2.82.